The lowest BCUT2D eigenvalue weighted by Crippen LogP contribution is -2.41. The summed E-state index contributed by atoms with van der Waals surface area (Å²) in [5, 5.41) is 6.67. The first-order valence-corrected chi connectivity index (χ1v) is 12.2. The Morgan fingerprint density at radius 1 is 1.04 bits per heavy atom. The molecule has 28 heavy (non-hydrogen) atoms. The van der Waals surface area contributed by atoms with Crippen molar-refractivity contribution >= 4 is 15.8 Å². The standard InChI is InChI=1S/C21H38N4O2S/c1-7-22-21(23-13-8-14-25(17(2)3)18(4)5)24-15-19-9-11-20(12-10-19)16-28(6,26)27/h9-12,17-18H,7-8,13-16H2,1-6H3,(H2,22,23,24). The Morgan fingerprint density at radius 2 is 1.61 bits per heavy atom. The summed E-state index contributed by atoms with van der Waals surface area (Å²) in [6.45, 7) is 14.3. The van der Waals surface area contributed by atoms with Gasteiger partial charge in [-0.3, -0.25) is 4.90 Å². The van der Waals surface area contributed by atoms with Crippen LogP contribution in [0.4, 0.5) is 0 Å². The number of nitrogens with zero attached hydrogens (tertiary/aromatic N) is 2. The average Bonchev–Trinajstić information content (AvgIpc) is 2.58. The van der Waals surface area contributed by atoms with Crippen molar-refractivity contribution in [2.75, 3.05) is 25.9 Å². The zero-order chi connectivity index (χ0) is 21.2. The highest BCUT2D eigenvalue weighted by Gasteiger charge is 2.12. The third-order valence-electron chi connectivity index (χ3n) is 4.43. The highest BCUT2D eigenvalue weighted by atomic mass is 32.2. The molecular formula is C21H38N4O2S. The predicted molar refractivity (Wildman–Crippen MR) is 119 cm³/mol. The van der Waals surface area contributed by atoms with Gasteiger partial charge in [-0.15, -0.1) is 0 Å². The fraction of sp³-hybridized carbons (Fsp3) is 0.667. The van der Waals surface area contributed by atoms with E-state index in [1.54, 1.807) is 0 Å². The molecule has 0 amide bonds. The van der Waals surface area contributed by atoms with Gasteiger partial charge in [0.25, 0.3) is 0 Å². The van der Waals surface area contributed by atoms with Gasteiger partial charge in [0.1, 0.15) is 0 Å². The number of sulfone groups is 1. The van der Waals surface area contributed by atoms with Gasteiger partial charge in [-0.2, -0.15) is 0 Å². The molecule has 1 rings (SSSR count). The molecule has 0 unspecified atom stereocenters. The maximum absolute atomic E-state index is 11.4. The molecule has 0 aliphatic carbocycles. The number of benzene rings is 1. The fourth-order valence-corrected chi connectivity index (χ4v) is 3.93. The number of nitrogens with one attached hydrogen (secondary N) is 2. The van der Waals surface area contributed by atoms with Crippen LogP contribution in [-0.4, -0.2) is 57.3 Å². The zero-order valence-electron chi connectivity index (χ0n) is 18.3. The van der Waals surface area contributed by atoms with E-state index < -0.39 is 9.84 Å². The zero-order valence-corrected chi connectivity index (χ0v) is 19.1. The number of hydrogen-bond donors (Lipinski definition) is 2. The molecular weight excluding hydrogens is 372 g/mol. The smallest absolute Gasteiger partial charge is 0.191 e. The van der Waals surface area contributed by atoms with E-state index in [1.165, 1.54) is 6.26 Å². The van der Waals surface area contributed by atoms with Crippen molar-refractivity contribution in [3.05, 3.63) is 35.4 Å². The largest absolute Gasteiger partial charge is 0.357 e. The first-order valence-electron chi connectivity index (χ1n) is 10.2. The van der Waals surface area contributed by atoms with Gasteiger partial charge in [0, 0.05) is 38.0 Å². The molecule has 160 valence electrons. The van der Waals surface area contributed by atoms with Crippen LogP contribution in [-0.2, 0) is 22.1 Å². The summed E-state index contributed by atoms with van der Waals surface area (Å²) < 4.78 is 22.7. The minimum Gasteiger partial charge on any atom is -0.357 e. The van der Waals surface area contributed by atoms with Gasteiger partial charge >= 0.3 is 0 Å². The quantitative estimate of drug-likeness (QED) is 0.333. The van der Waals surface area contributed by atoms with E-state index in [9.17, 15) is 8.42 Å². The van der Waals surface area contributed by atoms with Gasteiger partial charge in [-0.1, -0.05) is 24.3 Å². The van der Waals surface area contributed by atoms with Gasteiger partial charge < -0.3 is 10.6 Å². The Balaban J connectivity index is 2.55. The number of hydrogen-bond acceptors (Lipinski definition) is 4. The molecule has 0 saturated heterocycles. The third-order valence-corrected chi connectivity index (χ3v) is 5.29. The fourth-order valence-electron chi connectivity index (χ4n) is 3.14. The third kappa shape index (κ3) is 10.1. The van der Waals surface area contributed by atoms with E-state index in [0.717, 1.165) is 43.1 Å². The molecule has 1 aromatic rings. The molecule has 0 bridgehead atoms. The molecule has 0 radical (unpaired) electrons. The molecule has 0 saturated carbocycles. The summed E-state index contributed by atoms with van der Waals surface area (Å²) in [4.78, 5) is 7.13. The second kappa shape index (κ2) is 12.1. The predicted octanol–water partition coefficient (Wildman–Crippen LogP) is 2.80. The molecule has 6 nitrogen and oxygen atoms in total. The maximum Gasteiger partial charge on any atom is 0.191 e. The van der Waals surface area contributed by atoms with Crippen molar-refractivity contribution < 1.29 is 8.42 Å². The van der Waals surface area contributed by atoms with Crippen molar-refractivity contribution in [2.45, 2.75) is 65.4 Å². The minimum atomic E-state index is -3.00. The lowest BCUT2D eigenvalue weighted by molar-refractivity contribution is 0.173. The monoisotopic (exact) mass is 410 g/mol. The Hall–Kier alpha value is -1.60. The summed E-state index contributed by atoms with van der Waals surface area (Å²) in [5.41, 5.74) is 1.86. The molecule has 7 heteroatoms. The van der Waals surface area contributed by atoms with E-state index in [-0.39, 0.29) is 5.75 Å². The van der Waals surface area contributed by atoms with Crippen LogP contribution in [0.2, 0.25) is 0 Å². The summed E-state index contributed by atoms with van der Waals surface area (Å²) in [5.74, 6) is 0.883. The summed E-state index contributed by atoms with van der Waals surface area (Å²) in [6, 6.07) is 8.70. The molecule has 0 aromatic heterocycles. The SMILES string of the molecule is CCNC(=NCc1ccc(CS(C)(=O)=O)cc1)NCCCN(C(C)C)C(C)C. The van der Waals surface area contributed by atoms with Gasteiger partial charge in [-0.25, -0.2) is 13.4 Å². The van der Waals surface area contributed by atoms with Crippen LogP contribution in [0.15, 0.2) is 29.3 Å². The second-order valence-corrected chi connectivity index (χ2v) is 9.93. The van der Waals surface area contributed by atoms with Crippen LogP contribution >= 0.6 is 0 Å². The Bertz CT molecular complexity index is 690. The van der Waals surface area contributed by atoms with Gasteiger partial charge in [-0.05, 0) is 52.2 Å². The van der Waals surface area contributed by atoms with E-state index in [0.29, 0.717) is 18.6 Å². The van der Waals surface area contributed by atoms with E-state index in [2.05, 4.69) is 55.1 Å². The van der Waals surface area contributed by atoms with Crippen LogP contribution in [0.25, 0.3) is 0 Å². The molecule has 0 aliphatic heterocycles. The maximum atomic E-state index is 11.4. The van der Waals surface area contributed by atoms with Crippen molar-refractivity contribution in [3.8, 4) is 0 Å². The number of aliphatic imine (C=N–C) groups is 1. The van der Waals surface area contributed by atoms with Crippen LogP contribution < -0.4 is 10.6 Å². The van der Waals surface area contributed by atoms with Crippen molar-refractivity contribution in [1.29, 1.82) is 0 Å². The normalized spacial score (nSPS) is 12.8. The summed E-state index contributed by atoms with van der Waals surface area (Å²) >= 11 is 0. The molecule has 1 aromatic carbocycles. The number of rotatable bonds is 11. The van der Waals surface area contributed by atoms with Crippen LogP contribution in [0.3, 0.4) is 0 Å². The van der Waals surface area contributed by atoms with E-state index in [1.807, 2.05) is 24.3 Å². The second-order valence-electron chi connectivity index (χ2n) is 7.79. The Morgan fingerprint density at radius 3 is 2.11 bits per heavy atom. The van der Waals surface area contributed by atoms with Crippen molar-refractivity contribution in [1.82, 2.24) is 15.5 Å². The lowest BCUT2D eigenvalue weighted by atomic mass is 10.1. The Labute approximate surface area is 171 Å². The molecule has 0 aliphatic rings. The van der Waals surface area contributed by atoms with Crippen LogP contribution in [0.1, 0.15) is 52.2 Å². The first kappa shape index (κ1) is 24.4. The van der Waals surface area contributed by atoms with Gasteiger partial charge in [0.15, 0.2) is 15.8 Å². The highest BCUT2D eigenvalue weighted by Crippen LogP contribution is 2.09. The Kier molecular flexibility index (Phi) is 10.5. The van der Waals surface area contributed by atoms with Crippen LogP contribution in [0, 0.1) is 0 Å². The van der Waals surface area contributed by atoms with Gasteiger partial charge in [0.05, 0.1) is 12.3 Å². The topological polar surface area (TPSA) is 73.8 Å². The molecule has 2 N–H and O–H groups in total. The summed E-state index contributed by atoms with van der Waals surface area (Å²) in [6.07, 6.45) is 2.31. The molecule has 0 heterocycles. The molecule has 0 fully saturated rings. The minimum absolute atomic E-state index is 0.0739. The lowest BCUT2D eigenvalue weighted by Gasteiger charge is -2.30. The van der Waals surface area contributed by atoms with Crippen molar-refractivity contribution in [2.24, 2.45) is 4.99 Å². The first-order chi connectivity index (χ1) is 13.1. The number of guanidine groups is 1. The average molecular weight is 411 g/mol. The highest BCUT2D eigenvalue weighted by molar-refractivity contribution is 7.89. The summed E-state index contributed by atoms with van der Waals surface area (Å²) in [7, 11) is -3.00. The van der Waals surface area contributed by atoms with Gasteiger partial charge in [0.2, 0.25) is 0 Å². The molecule has 0 atom stereocenters. The van der Waals surface area contributed by atoms with Crippen LogP contribution in [0.5, 0.6) is 0 Å². The van der Waals surface area contributed by atoms with Crippen molar-refractivity contribution in [3.63, 3.8) is 0 Å². The molecule has 0 spiro atoms. The van der Waals surface area contributed by atoms with E-state index in [4.69, 9.17) is 0 Å². The van der Waals surface area contributed by atoms with E-state index >= 15 is 0 Å².